The highest BCUT2D eigenvalue weighted by Gasteiger charge is 2.29. The van der Waals surface area contributed by atoms with E-state index in [2.05, 4.69) is 10.6 Å². The van der Waals surface area contributed by atoms with Crippen LogP contribution in [0.3, 0.4) is 0 Å². The second-order valence-electron chi connectivity index (χ2n) is 11.4. The summed E-state index contributed by atoms with van der Waals surface area (Å²) in [5, 5.41) is 26.8. The maximum Gasteiger partial charge on any atom is 0.335 e. The molecule has 4 N–H and O–H groups in total. The number of sulfone groups is 1. The van der Waals surface area contributed by atoms with Crippen LogP contribution in [0, 0.1) is 5.92 Å². The second kappa shape index (κ2) is 17.5. The van der Waals surface area contributed by atoms with Crippen LogP contribution in [0.4, 0.5) is 0 Å². The van der Waals surface area contributed by atoms with Gasteiger partial charge in [0.2, 0.25) is 0 Å². The number of aliphatic hydroxyl groups excluding tert-OH is 1. The molecule has 11 heteroatoms. The summed E-state index contributed by atoms with van der Waals surface area (Å²) in [5.41, 5.74) is 1.81. The van der Waals surface area contributed by atoms with Gasteiger partial charge in [-0.2, -0.15) is 0 Å². The number of carbonyl (C=O) groups excluding carboxylic acids is 1. The van der Waals surface area contributed by atoms with Crippen LogP contribution in [0.25, 0.3) is 0 Å². The molecule has 0 aliphatic heterocycles. The molecule has 1 amide bonds. The van der Waals surface area contributed by atoms with Gasteiger partial charge in [0, 0.05) is 19.5 Å². The molecule has 0 saturated carbocycles. The molecule has 3 aromatic carbocycles. The Hall–Kier alpha value is -3.93. The molecule has 45 heavy (non-hydrogen) atoms. The van der Waals surface area contributed by atoms with Gasteiger partial charge in [0.15, 0.2) is 6.10 Å². The summed E-state index contributed by atoms with van der Waals surface area (Å²) < 4.78 is 36.8. The van der Waals surface area contributed by atoms with E-state index >= 15 is 0 Å². The van der Waals surface area contributed by atoms with Crippen molar-refractivity contribution in [3.05, 3.63) is 95.6 Å². The predicted molar refractivity (Wildman–Crippen MR) is 173 cm³/mol. The molecule has 0 aliphatic carbocycles. The summed E-state index contributed by atoms with van der Waals surface area (Å²) in [4.78, 5) is 25.2. The Morgan fingerprint density at radius 1 is 0.867 bits per heavy atom. The number of ether oxygens (including phenoxy) is 2. The Morgan fingerprint density at radius 3 is 2.22 bits per heavy atom. The van der Waals surface area contributed by atoms with E-state index < -0.39 is 40.0 Å². The zero-order valence-corrected chi connectivity index (χ0v) is 26.8. The van der Waals surface area contributed by atoms with Crippen LogP contribution in [0.15, 0.2) is 78.9 Å². The van der Waals surface area contributed by atoms with E-state index in [-0.39, 0.29) is 41.7 Å². The summed E-state index contributed by atoms with van der Waals surface area (Å²) >= 11 is 0. The molecule has 0 aromatic heterocycles. The highest BCUT2D eigenvalue weighted by Crippen LogP contribution is 2.18. The molecule has 0 aliphatic rings. The fraction of sp³-hybridized carbons (Fsp3) is 0.412. The zero-order valence-electron chi connectivity index (χ0n) is 26.0. The van der Waals surface area contributed by atoms with Crippen molar-refractivity contribution in [2.24, 2.45) is 5.92 Å². The molecular formula is C34H44N2O8S. The lowest BCUT2D eigenvalue weighted by Crippen LogP contribution is -2.52. The Labute approximate surface area is 265 Å². The van der Waals surface area contributed by atoms with Gasteiger partial charge in [0.25, 0.3) is 5.91 Å². The van der Waals surface area contributed by atoms with Gasteiger partial charge in [-0.3, -0.25) is 4.79 Å². The number of aliphatic hydroxyl groups is 1. The topological polar surface area (TPSA) is 151 Å². The van der Waals surface area contributed by atoms with Crippen molar-refractivity contribution in [3.8, 4) is 11.5 Å². The summed E-state index contributed by atoms with van der Waals surface area (Å²) in [6.07, 6.45) is -1.60. The molecule has 244 valence electrons. The van der Waals surface area contributed by atoms with Crippen LogP contribution >= 0.6 is 0 Å². The lowest BCUT2D eigenvalue weighted by atomic mass is 10.0. The number of carboxylic acids is 1. The van der Waals surface area contributed by atoms with E-state index in [1.165, 1.54) is 24.3 Å². The molecule has 3 atom stereocenters. The quantitative estimate of drug-likeness (QED) is 0.153. The molecule has 0 saturated heterocycles. The third kappa shape index (κ3) is 12.5. The van der Waals surface area contributed by atoms with E-state index in [0.29, 0.717) is 19.4 Å². The van der Waals surface area contributed by atoms with Gasteiger partial charge in [-0.1, -0.05) is 62.4 Å². The SMILES string of the molecule is COc1cccc(CNC[C@@H](O)[C@H](Cc2ccccc2)NC(=O)C(CCS(=O)(=O)CCC(C)C)Oc2cccc(C(=O)O)c2)c1. The maximum absolute atomic E-state index is 13.7. The number of hydrogen-bond acceptors (Lipinski definition) is 8. The van der Waals surface area contributed by atoms with E-state index in [1.807, 2.05) is 68.4 Å². The normalized spacial score (nSPS) is 13.5. The molecule has 0 fully saturated rings. The first-order valence-electron chi connectivity index (χ1n) is 15.0. The average Bonchev–Trinajstić information content (AvgIpc) is 3.02. The minimum Gasteiger partial charge on any atom is -0.497 e. The van der Waals surface area contributed by atoms with E-state index in [1.54, 1.807) is 7.11 Å². The van der Waals surface area contributed by atoms with Crippen molar-refractivity contribution < 1.29 is 37.7 Å². The summed E-state index contributed by atoms with van der Waals surface area (Å²) in [6.45, 7) is 4.49. The van der Waals surface area contributed by atoms with Crippen molar-refractivity contribution in [1.29, 1.82) is 0 Å². The van der Waals surface area contributed by atoms with Gasteiger partial charge in [-0.25, -0.2) is 13.2 Å². The Balaban J connectivity index is 1.78. The molecule has 0 spiro atoms. The fourth-order valence-electron chi connectivity index (χ4n) is 4.63. The number of rotatable bonds is 19. The smallest absolute Gasteiger partial charge is 0.335 e. The van der Waals surface area contributed by atoms with Crippen LogP contribution < -0.4 is 20.1 Å². The van der Waals surface area contributed by atoms with Gasteiger partial charge < -0.3 is 30.3 Å². The van der Waals surface area contributed by atoms with Crippen LogP contribution in [0.5, 0.6) is 11.5 Å². The minimum atomic E-state index is -3.48. The number of carboxylic acid groups (broad SMARTS) is 1. The number of hydrogen-bond donors (Lipinski definition) is 4. The van der Waals surface area contributed by atoms with Crippen molar-refractivity contribution in [2.45, 2.75) is 57.9 Å². The van der Waals surface area contributed by atoms with Crippen molar-refractivity contribution in [3.63, 3.8) is 0 Å². The van der Waals surface area contributed by atoms with Crippen molar-refractivity contribution >= 4 is 21.7 Å². The number of methoxy groups -OCH3 is 1. The molecule has 3 rings (SSSR count). The van der Waals surface area contributed by atoms with Gasteiger partial charge in [0.05, 0.1) is 36.3 Å². The third-order valence-corrected chi connectivity index (χ3v) is 8.97. The number of benzene rings is 3. The summed E-state index contributed by atoms with van der Waals surface area (Å²) in [7, 11) is -1.89. The number of nitrogens with one attached hydrogen (secondary N) is 2. The molecular weight excluding hydrogens is 596 g/mol. The molecule has 0 radical (unpaired) electrons. The standard InChI is InChI=1S/C34H44N2O8S/c1-24(2)15-17-45(41,42)18-16-32(44-29-14-8-12-27(21-29)34(39)40)33(38)36-30(20-25-9-5-4-6-10-25)31(37)23-35-22-26-11-7-13-28(19-26)43-3/h4-14,19,21,24,30-32,35,37H,15-18,20,22-23H2,1-3H3,(H,36,38)(H,39,40)/t30-,31+,32?/m0/s1. The molecule has 0 bridgehead atoms. The van der Waals surface area contributed by atoms with Crippen LogP contribution in [0.2, 0.25) is 0 Å². The molecule has 3 aromatic rings. The highest BCUT2D eigenvalue weighted by atomic mass is 32.2. The van der Waals surface area contributed by atoms with Gasteiger partial charge in [-0.15, -0.1) is 0 Å². The predicted octanol–water partition coefficient (Wildman–Crippen LogP) is 3.87. The van der Waals surface area contributed by atoms with Gasteiger partial charge >= 0.3 is 5.97 Å². The van der Waals surface area contributed by atoms with E-state index in [0.717, 1.165) is 16.9 Å². The maximum atomic E-state index is 13.7. The Bertz CT molecular complexity index is 1480. The first-order valence-corrected chi connectivity index (χ1v) is 16.8. The van der Waals surface area contributed by atoms with Crippen molar-refractivity contribution in [2.75, 3.05) is 25.2 Å². The first kappa shape index (κ1) is 35.5. The van der Waals surface area contributed by atoms with E-state index in [4.69, 9.17) is 9.47 Å². The largest absolute Gasteiger partial charge is 0.497 e. The number of carbonyl (C=O) groups is 2. The molecule has 1 unspecified atom stereocenters. The summed E-state index contributed by atoms with van der Waals surface area (Å²) in [5.74, 6) is -1.03. The van der Waals surface area contributed by atoms with E-state index in [9.17, 15) is 28.2 Å². The first-order chi connectivity index (χ1) is 21.5. The minimum absolute atomic E-state index is 0.0121. The lowest BCUT2D eigenvalue weighted by molar-refractivity contribution is -0.129. The lowest BCUT2D eigenvalue weighted by Gasteiger charge is -2.27. The Kier molecular flexibility index (Phi) is 13.8. The van der Waals surface area contributed by atoms with Crippen LogP contribution in [0.1, 0.15) is 48.2 Å². The van der Waals surface area contributed by atoms with Gasteiger partial charge in [-0.05, 0) is 60.2 Å². The van der Waals surface area contributed by atoms with Gasteiger partial charge in [0.1, 0.15) is 21.3 Å². The number of amides is 1. The monoisotopic (exact) mass is 640 g/mol. The zero-order chi connectivity index (χ0) is 32.8. The van der Waals surface area contributed by atoms with Crippen LogP contribution in [-0.2, 0) is 27.6 Å². The second-order valence-corrected chi connectivity index (χ2v) is 13.7. The Morgan fingerprint density at radius 2 is 1.53 bits per heavy atom. The molecule has 0 heterocycles. The molecule has 10 nitrogen and oxygen atoms in total. The van der Waals surface area contributed by atoms with Crippen LogP contribution in [-0.4, -0.2) is 73.9 Å². The van der Waals surface area contributed by atoms with Crippen molar-refractivity contribution in [1.82, 2.24) is 10.6 Å². The average molecular weight is 641 g/mol. The number of aromatic carboxylic acids is 1. The highest BCUT2D eigenvalue weighted by molar-refractivity contribution is 7.91. The third-order valence-electron chi connectivity index (χ3n) is 7.26. The summed E-state index contributed by atoms with van der Waals surface area (Å²) in [6, 6.07) is 21.9. The fourth-order valence-corrected chi connectivity index (χ4v) is 6.24.